The number of aliphatic hydroxyl groups is 2. The van der Waals surface area contributed by atoms with Crippen LogP contribution in [0.5, 0.6) is 0 Å². The highest BCUT2D eigenvalue weighted by Crippen LogP contribution is 2.68. The Morgan fingerprint density at radius 2 is 2.03 bits per heavy atom. The van der Waals surface area contributed by atoms with Crippen LogP contribution in [0, 0.1) is 34.0 Å². The summed E-state index contributed by atoms with van der Waals surface area (Å²) in [6.07, 6.45) is 0.232. The third-order valence-electron chi connectivity index (χ3n) is 8.34. The quantitative estimate of drug-likeness (QED) is 0.414. The van der Waals surface area contributed by atoms with Gasteiger partial charge in [0.2, 0.25) is 0 Å². The number of allylic oxidation sites excluding steroid dienone is 1. The van der Waals surface area contributed by atoms with Crippen molar-refractivity contribution in [3.8, 4) is 0 Å². The molecule has 2 N–H and O–H groups in total. The van der Waals surface area contributed by atoms with Gasteiger partial charge in [0.1, 0.15) is 18.1 Å². The van der Waals surface area contributed by atoms with E-state index in [1.165, 1.54) is 6.92 Å². The van der Waals surface area contributed by atoms with Gasteiger partial charge in [0.05, 0.1) is 11.5 Å². The van der Waals surface area contributed by atoms with Crippen LogP contribution in [0.3, 0.4) is 0 Å². The van der Waals surface area contributed by atoms with Gasteiger partial charge in [-0.3, -0.25) is 14.4 Å². The fourth-order valence-corrected chi connectivity index (χ4v) is 7.09. The molecule has 1 aliphatic heterocycles. The van der Waals surface area contributed by atoms with Gasteiger partial charge in [-0.2, -0.15) is 0 Å². The molecule has 0 aromatic carbocycles. The Kier molecular flexibility index (Phi) is 4.52. The summed E-state index contributed by atoms with van der Waals surface area (Å²) in [6.45, 7) is 8.92. The zero-order valence-corrected chi connectivity index (χ0v) is 17.3. The number of fused-ring (bicyclic) bond motifs is 3. The third-order valence-corrected chi connectivity index (χ3v) is 8.34. The van der Waals surface area contributed by atoms with Gasteiger partial charge in [-0.25, -0.2) is 0 Å². The summed E-state index contributed by atoms with van der Waals surface area (Å²) in [5.41, 5.74) is -2.55. The summed E-state index contributed by atoms with van der Waals surface area (Å²) in [5.74, 6) is -2.93. The Bertz CT molecular complexity index is 786. The van der Waals surface area contributed by atoms with Crippen LogP contribution in [-0.4, -0.2) is 53.4 Å². The molecule has 29 heavy (non-hydrogen) atoms. The molecular weight excluding hydrogens is 376 g/mol. The standard InChI is InChI=1S/C22H30O7/c1-11-13-7-14(25)17-21(8-13,18(11)26)19(27)29-16-5-6-20(3,4)15(9-23)22(16,17)10-28-12(2)24/h13-17,23,25H,1,5-10H2,2-4H3/t13-,14?,15?,16?,17?,21-,22?/m0/s1. The lowest BCUT2D eigenvalue weighted by Crippen LogP contribution is -2.72. The van der Waals surface area contributed by atoms with E-state index in [0.29, 0.717) is 24.8 Å². The SMILES string of the molecule is C=C1C(=O)[C@]23C[C@@H]1CC(O)C2C1(COC(C)=O)C(CCC(C)(C)C1CO)OC3=O. The molecular formula is C22H30O7. The summed E-state index contributed by atoms with van der Waals surface area (Å²) in [4.78, 5) is 38.3. The maximum Gasteiger partial charge on any atom is 0.320 e. The summed E-state index contributed by atoms with van der Waals surface area (Å²) in [7, 11) is 0. The Morgan fingerprint density at radius 3 is 2.66 bits per heavy atom. The van der Waals surface area contributed by atoms with Crippen molar-refractivity contribution >= 4 is 17.7 Å². The zero-order chi connectivity index (χ0) is 21.4. The van der Waals surface area contributed by atoms with E-state index in [4.69, 9.17) is 9.47 Å². The van der Waals surface area contributed by atoms with E-state index in [1.54, 1.807) is 0 Å². The molecule has 4 fully saturated rings. The molecule has 0 radical (unpaired) electrons. The molecule has 7 atom stereocenters. The van der Waals surface area contributed by atoms with Gasteiger partial charge in [-0.05, 0) is 48.5 Å². The monoisotopic (exact) mass is 406 g/mol. The Labute approximate surface area is 170 Å². The maximum absolute atomic E-state index is 13.3. The molecule has 7 heteroatoms. The average molecular weight is 406 g/mol. The van der Waals surface area contributed by atoms with Crippen LogP contribution >= 0.6 is 0 Å². The van der Waals surface area contributed by atoms with Crippen molar-refractivity contribution in [1.29, 1.82) is 0 Å². The van der Waals surface area contributed by atoms with E-state index in [-0.39, 0.29) is 36.8 Å². The van der Waals surface area contributed by atoms with Crippen LogP contribution in [0.15, 0.2) is 12.2 Å². The molecule has 160 valence electrons. The van der Waals surface area contributed by atoms with E-state index < -0.39 is 46.8 Å². The van der Waals surface area contributed by atoms with Crippen LogP contribution in [0.2, 0.25) is 0 Å². The molecule has 1 saturated heterocycles. The Hall–Kier alpha value is -1.73. The van der Waals surface area contributed by atoms with E-state index in [9.17, 15) is 24.6 Å². The van der Waals surface area contributed by atoms with Gasteiger partial charge in [0.25, 0.3) is 0 Å². The first-order valence-electron chi connectivity index (χ1n) is 10.4. The van der Waals surface area contributed by atoms with Gasteiger partial charge >= 0.3 is 11.9 Å². The van der Waals surface area contributed by atoms with Crippen molar-refractivity contribution in [2.75, 3.05) is 13.2 Å². The summed E-state index contributed by atoms with van der Waals surface area (Å²) in [5, 5.41) is 21.7. The van der Waals surface area contributed by atoms with Crippen LogP contribution in [0.1, 0.15) is 46.5 Å². The van der Waals surface area contributed by atoms with E-state index in [1.807, 2.05) is 13.8 Å². The minimum Gasteiger partial charge on any atom is -0.465 e. The molecule has 5 unspecified atom stereocenters. The second-order valence-corrected chi connectivity index (χ2v) is 10.1. The number of hydrogen-bond donors (Lipinski definition) is 2. The first-order chi connectivity index (χ1) is 13.5. The summed E-state index contributed by atoms with van der Waals surface area (Å²) >= 11 is 0. The predicted octanol–water partition coefficient (Wildman–Crippen LogP) is 1.40. The third kappa shape index (κ3) is 2.46. The molecule has 2 bridgehead atoms. The summed E-state index contributed by atoms with van der Waals surface area (Å²) < 4.78 is 11.4. The number of carbonyl (C=O) groups is 3. The van der Waals surface area contributed by atoms with Gasteiger partial charge in [-0.15, -0.1) is 0 Å². The van der Waals surface area contributed by atoms with Crippen molar-refractivity contribution in [2.24, 2.45) is 34.0 Å². The largest absolute Gasteiger partial charge is 0.465 e. The first kappa shape index (κ1) is 20.5. The Morgan fingerprint density at radius 1 is 1.34 bits per heavy atom. The number of Topliss-reactive ketones (excluding diaryl/α,β-unsaturated/α-hetero) is 1. The van der Waals surface area contributed by atoms with Crippen LogP contribution in [0.25, 0.3) is 0 Å². The fraction of sp³-hybridized carbons (Fsp3) is 0.773. The normalized spacial score (nSPS) is 45.3. The molecule has 1 heterocycles. The highest BCUT2D eigenvalue weighted by Gasteiger charge is 2.77. The maximum atomic E-state index is 13.3. The topological polar surface area (TPSA) is 110 Å². The zero-order valence-electron chi connectivity index (χ0n) is 17.3. The first-order valence-corrected chi connectivity index (χ1v) is 10.4. The van der Waals surface area contributed by atoms with Gasteiger partial charge in [0.15, 0.2) is 5.78 Å². The van der Waals surface area contributed by atoms with Crippen molar-refractivity contribution < 1.29 is 34.1 Å². The van der Waals surface area contributed by atoms with E-state index >= 15 is 0 Å². The van der Waals surface area contributed by atoms with Crippen molar-refractivity contribution in [3.63, 3.8) is 0 Å². The second kappa shape index (κ2) is 6.38. The molecule has 0 amide bonds. The minimum atomic E-state index is -1.52. The average Bonchev–Trinajstić information content (AvgIpc) is 2.83. The van der Waals surface area contributed by atoms with Crippen molar-refractivity contribution in [1.82, 2.24) is 0 Å². The number of ether oxygens (including phenoxy) is 2. The lowest BCUT2D eigenvalue weighted by Gasteiger charge is -2.64. The number of esters is 2. The van der Waals surface area contributed by atoms with Crippen LogP contribution in [0.4, 0.5) is 0 Å². The number of aliphatic hydroxyl groups excluding tert-OH is 2. The molecule has 3 aliphatic carbocycles. The fourth-order valence-electron chi connectivity index (χ4n) is 7.09. The Balaban J connectivity index is 1.95. The van der Waals surface area contributed by atoms with Crippen molar-refractivity contribution in [2.45, 2.75) is 58.7 Å². The smallest absolute Gasteiger partial charge is 0.320 e. The highest BCUT2D eigenvalue weighted by atomic mass is 16.6. The molecule has 4 aliphatic rings. The lowest BCUT2D eigenvalue weighted by atomic mass is 9.43. The van der Waals surface area contributed by atoms with Crippen LogP contribution in [-0.2, 0) is 23.9 Å². The number of carbonyl (C=O) groups excluding carboxylic acids is 3. The molecule has 4 rings (SSSR count). The molecule has 3 saturated carbocycles. The lowest BCUT2D eigenvalue weighted by molar-refractivity contribution is -0.270. The minimum absolute atomic E-state index is 0.108. The van der Waals surface area contributed by atoms with Crippen LogP contribution < -0.4 is 0 Å². The molecule has 0 aromatic heterocycles. The molecule has 7 nitrogen and oxygen atoms in total. The van der Waals surface area contributed by atoms with Gasteiger partial charge < -0.3 is 19.7 Å². The second-order valence-electron chi connectivity index (χ2n) is 10.1. The number of hydrogen-bond acceptors (Lipinski definition) is 7. The number of ketones is 1. The molecule has 0 aromatic rings. The van der Waals surface area contributed by atoms with Gasteiger partial charge in [0, 0.05) is 19.4 Å². The van der Waals surface area contributed by atoms with E-state index in [0.717, 1.165) is 0 Å². The highest BCUT2D eigenvalue weighted by molar-refractivity contribution is 6.15. The summed E-state index contributed by atoms with van der Waals surface area (Å²) in [6, 6.07) is 0. The van der Waals surface area contributed by atoms with Crippen molar-refractivity contribution in [3.05, 3.63) is 12.2 Å². The predicted molar refractivity (Wildman–Crippen MR) is 101 cm³/mol. The van der Waals surface area contributed by atoms with Gasteiger partial charge in [-0.1, -0.05) is 20.4 Å². The number of rotatable bonds is 3. The molecule has 1 spiro atoms. The van der Waals surface area contributed by atoms with E-state index in [2.05, 4.69) is 6.58 Å².